The molecule has 2 heterocycles. The van der Waals surface area contributed by atoms with Crippen molar-refractivity contribution in [3.63, 3.8) is 0 Å². The van der Waals surface area contributed by atoms with Gasteiger partial charge in [0.1, 0.15) is 11.5 Å². The average Bonchev–Trinajstić information content (AvgIpc) is 3.15. The molecule has 0 aliphatic carbocycles. The fourth-order valence-electron chi connectivity index (χ4n) is 3.43. The minimum Gasteiger partial charge on any atom is -0.508 e. The maximum Gasteiger partial charge on any atom is 0.254 e. The normalized spacial score (nSPS) is 16.1. The van der Waals surface area contributed by atoms with Crippen molar-refractivity contribution in [2.75, 3.05) is 19.9 Å². The van der Waals surface area contributed by atoms with Gasteiger partial charge >= 0.3 is 0 Å². The van der Waals surface area contributed by atoms with E-state index in [-0.39, 0.29) is 41.7 Å². The van der Waals surface area contributed by atoms with Crippen LogP contribution in [0.15, 0.2) is 36.4 Å². The van der Waals surface area contributed by atoms with Gasteiger partial charge in [-0.15, -0.1) is 0 Å². The van der Waals surface area contributed by atoms with E-state index in [1.54, 1.807) is 23.1 Å². The van der Waals surface area contributed by atoms with E-state index in [0.717, 1.165) is 0 Å². The Morgan fingerprint density at radius 3 is 2.32 bits per heavy atom. The number of carbonyl (C=O) groups excluding carboxylic acids is 2. The number of likely N-dealkylation sites (tertiary alicyclic amines) is 1. The molecule has 146 valence electrons. The highest BCUT2D eigenvalue weighted by molar-refractivity contribution is 5.96. The van der Waals surface area contributed by atoms with Crippen LogP contribution >= 0.6 is 0 Å². The predicted octanol–water partition coefficient (Wildman–Crippen LogP) is 1.86. The van der Waals surface area contributed by atoms with Crippen molar-refractivity contribution in [1.82, 2.24) is 10.2 Å². The van der Waals surface area contributed by atoms with Crippen molar-refractivity contribution in [3.8, 4) is 23.0 Å². The van der Waals surface area contributed by atoms with Gasteiger partial charge in [-0.25, -0.2) is 0 Å². The number of hydrogen-bond donors (Lipinski definition) is 3. The van der Waals surface area contributed by atoms with Crippen LogP contribution in [0, 0.1) is 0 Å². The minimum absolute atomic E-state index is 0.0421. The molecule has 2 aromatic rings. The second kappa shape index (κ2) is 7.30. The highest BCUT2D eigenvalue weighted by Crippen LogP contribution is 2.32. The summed E-state index contributed by atoms with van der Waals surface area (Å²) < 4.78 is 10.5. The van der Waals surface area contributed by atoms with Crippen LogP contribution in [-0.4, -0.2) is 52.9 Å². The van der Waals surface area contributed by atoms with E-state index in [2.05, 4.69) is 5.32 Å². The molecule has 8 heteroatoms. The molecular formula is C20H20N2O6. The fourth-order valence-corrected chi connectivity index (χ4v) is 3.43. The SMILES string of the molecule is O=C(NC1CCN(C(=O)c2cc(O)cc(O)c2)CC1)c1ccc2c(c1)OCO2. The van der Waals surface area contributed by atoms with Crippen LogP contribution < -0.4 is 14.8 Å². The van der Waals surface area contributed by atoms with E-state index in [1.807, 2.05) is 0 Å². The van der Waals surface area contributed by atoms with Crippen molar-refractivity contribution < 1.29 is 29.3 Å². The third-order valence-electron chi connectivity index (χ3n) is 4.90. The van der Waals surface area contributed by atoms with Gasteiger partial charge in [-0.05, 0) is 43.2 Å². The first-order valence-corrected chi connectivity index (χ1v) is 9.02. The lowest BCUT2D eigenvalue weighted by atomic mass is 10.0. The summed E-state index contributed by atoms with van der Waals surface area (Å²) in [5, 5.41) is 22.1. The van der Waals surface area contributed by atoms with Crippen molar-refractivity contribution in [3.05, 3.63) is 47.5 Å². The monoisotopic (exact) mass is 384 g/mol. The molecule has 2 aromatic carbocycles. The summed E-state index contributed by atoms with van der Waals surface area (Å²) in [5.74, 6) is 0.417. The zero-order chi connectivity index (χ0) is 19.7. The van der Waals surface area contributed by atoms with Crippen LogP contribution in [-0.2, 0) is 0 Å². The van der Waals surface area contributed by atoms with Gasteiger partial charge in [-0.2, -0.15) is 0 Å². The molecule has 2 aliphatic rings. The van der Waals surface area contributed by atoms with Crippen LogP contribution in [0.2, 0.25) is 0 Å². The molecule has 1 fully saturated rings. The van der Waals surface area contributed by atoms with Gasteiger partial charge in [0.2, 0.25) is 6.79 Å². The molecule has 1 saturated heterocycles. The highest BCUT2D eigenvalue weighted by Gasteiger charge is 2.26. The Balaban J connectivity index is 1.34. The van der Waals surface area contributed by atoms with Crippen LogP contribution in [0.5, 0.6) is 23.0 Å². The van der Waals surface area contributed by atoms with Crippen molar-refractivity contribution in [1.29, 1.82) is 0 Å². The fraction of sp³-hybridized carbons (Fsp3) is 0.300. The van der Waals surface area contributed by atoms with Gasteiger partial charge in [-0.3, -0.25) is 9.59 Å². The summed E-state index contributed by atoms with van der Waals surface area (Å²) in [5.41, 5.74) is 0.735. The number of phenolic OH excluding ortho intramolecular Hbond substituents is 2. The molecular weight excluding hydrogens is 364 g/mol. The van der Waals surface area contributed by atoms with Gasteiger partial charge in [0.05, 0.1) is 0 Å². The van der Waals surface area contributed by atoms with Crippen molar-refractivity contribution >= 4 is 11.8 Å². The van der Waals surface area contributed by atoms with E-state index in [1.165, 1.54) is 18.2 Å². The van der Waals surface area contributed by atoms with Crippen molar-refractivity contribution in [2.24, 2.45) is 0 Å². The van der Waals surface area contributed by atoms with Crippen LogP contribution in [0.4, 0.5) is 0 Å². The van der Waals surface area contributed by atoms with E-state index >= 15 is 0 Å². The highest BCUT2D eigenvalue weighted by atomic mass is 16.7. The summed E-state index contributed by atoms with van der Waals surface area (Å²) in [6.07, 6.45) is 1.24. The number of benzene rings is 2. The molecule has 0 aromatic heterocycles. The molecule has 0 bridgehead atoms. The first-order valence-electron chi connectivity index (χ1n) is 9.02. The summed E-state index contributed by atoms with van der Waals surface area (Å²) in [6, 6.07) is 8.85. The Kier molecular flexibility index (Phi) is 4.68. The first kappa shape index (κ1) is 18.0. The third-order valence-corrected chi connectivity index (χ3v) is 4.90. The maximum atomic E-state index is 12.6. The molecule has 0 radical (unpaired) electrons. The Morgan fingerprint density at radius 2 is 1.61 bits per heavy atom. The van der Waals surface area contributed by atoms with Crippen LogP contribution in [0.3, 0.4) is 0 Å². The number of piperidine rings is 1. The summed E-state index contributed by atoms with van der Waals surface area (Å²) in [4.78, 5) is 26.7. The average molecular weight is 384 g/mol. The van der Waals surface area contributed by atoms with Gasteiger partial charge in [0.15, 0.2) is 11.5 Å². The quantitative estimate of drug-likeness (QED) is 0.746. The molecule has 2 amide bonds. The Bertz CT molecular complexity index is 901. The van der Waals surface area contributed by atoms with E-state index in [4.69, 9.17) is 9.47 Å². The Morgan fingerprint density at radius 1 is 0.929 bits per heavy atom. The van der Waals surface area contributed by atoms with E-state index < -0.39 is 0 Å². The number of nitrogens with zero attached hydrogens (tertiary/aromatic N) is 1. The third kappa shape index (κ3) is 3.66. The molecule has 4 rings (SSSR count). The standard InChI is InChI=1S/C20H20N2O6/c23-15-7-13(8-16(24)10-15)20(26)22-5-3-14(4-6-22)21-19(25)12-1-2-17-18(9-12)28-11-27-17/h1-2,7-10,14,23-24H,3-6,11H2,(H,21,25). The predicted molar refractivity (Wildman–Crippen MR) is 98.7 cm³/mol. The van der Waals surface area contributed by atoms with Crippen LogP contribution in [0.25, 0.3) is 0 Å². The number of amides is 2. The zero-order valence-electron chi connectivity index (χ0n) is 15.1. The number of ether oxygens (including phenoxy) is 2. The number of fused-ring (bicyclic) bond motifs is 1. The number of phenols is 2. The number of aromatic hydroxyl groups is 2. The smallest absolute Gasteiger partial charge is 0.254 e. The maximum absolute atomic E-state index is 12.6. The van der Waals surface area contributed by atoms with Gasteiger partial charge in [0.25, 0.3) is 11.8 Å². The minimum atomic E-state index is -0.258. The Hall–Kier alpha value is -3.42. The van der Waals surface area contributed by atoms with Gasteiger partial charge in [0, 0.05) is 36.3 Å². The Labute approximate surface area is 161 Å². The number of rotatable bonds is 3. The molecule has 0 saturated carbocycles. The molecule has 8 nitrogen and oxygen atoms in total. The summed E-state index contributed by atoms with van der Waals surface area (Å²) >= 11 is 0. The van der Waals surface area contributed by atoms with Crippen molar-refractivity contribution in [2.45, 2.75) is 18.9 Å². The second-order valence-electron chi connectivity index (χ2n) is 6.85. The van der Waals surface area contributed by atoms with Gasteiger partial charge < -0.3 is 29.9 Å². The molecule has 0 spiro atoms. The largest absolute Gasteiger partial charge is 0.508 e. The second-order valence-corrected chi connectivity index (χ2v) is 6.85. The summed E-state index contributed by atoms with van der Waals surface area (Å²) in [7, 11) is 0. The molecule has 0 atom stereocenters. The van der Waals surface area contributed by atoms with E-state index in [0.29, 0.717) is 43.0 Å². The molecule has 28 heavy (non-hydrogen) atoms. The lowest BCUT2D eigenvalue weighted by Crippen LogP contribution is -2.46. The molecule has 2 aliphatic heterocycles. The lowest BCUT2D eigenvalue weighted by Gasteiger charge is -2.32. The molecule has 3 N–H and O–H groups in total. The first-order chi connectivity index (χ1) is 13.5. The number of nitrogens with one attached hydrogen (secondary N) is 1. The van der Waals surface area contributed by atoms with Crippen LogP contribution in [0.1, 0.15) is 33.6 Å². The topological polar surface area (TPSA) is 108 Å². The lowest BCUT2D eigenvalue weighted by molar-refractivity contribution is 0.0697. The molecule has 0 unspecified atom stereocenters. The van der Waals surface area contributed by atoms with E-state index in [9.17, 15) is 19.8 Å². The van der Waals surface area contributed by atoms with Gasteiger partial charge in [-0.1, -0.05) is 0 Å². The number of hydrogen-bond acceptors (Lipinski definition) is 6. The summed E-state index contributed by atoms with van der Waals surface area (Å²) in [6.45, 7) is 1.10. The zero-order valence-corrected chi connectivity index (χ0v) is 15.1. The number of carbonyl (C=O) groups is 2.